The van der Waals surface area contributed by atoms with Crippen molar-refractivity contribution in [2.24, 2.45) is 0 Å². The molecule has 28 heavy (non-hydrogen) atoms. The molecular formula is C19H25N3O5S. The maximum Gasteiger partial charge on any atom is 0.348 e. The van der Waals surface area contributed by atoms with Gasteiger partial charge in [-0.05, 0) is 39.7 Å². The Bertz CT molecular complexity index is 885. The minimum atomic E-state index is -0.581. The summed E-state index contributed by atoms with van der Waals surface area (Å²) in [6.45, 7) is 10.0. The van der Waals surface area contributed by atoms with Crippen molar-refractivity contribution in [3.8, 4) is 0 Å². The van der Waals surface area contributed by atoms with Crippen molar-refractivity contribution >= 4 is 34.2 Å². The summed E-state index contributed by atoms with van der Waals surface area (Å²) in [6, 6.07) is 0. The molecule has 0 saturated carbocycles. The van der Waals surface area contributed by atoms with Crippen molar-refractivity contribution in [2.45, 2.75) is 47.6 Å². The molecule has 152 valence electrons. The summed E-state index contributed by atoms with van der Waals surface area (Å²) in [7, 11) is 0. The van der Waals surface area contributed by atoms with Crippen molar-refractivity contribution < 1.29 is 23.9 Å². The molecular weight excluding hydrogens is 382 g/mol. The Balaban J connectivity index is 2.41. The van der Waals surface area contributed by atoms with Gasteiger partial charge < -0.3 is 14.8 Å². The molecule has 0 unspecified atom stereocenters. The van der Waals surface area contributed by atoms with E-state index in [2.05, 4.69) is 10.4 Å². The number of amides is 1. The minimum Gasteiger partial charge on any atom is -0.462 e. The first-order valence-electron chi connectivity index (χ1n) is 9.16. The molecule has 0 spiro atoms. The largest absolute Gasteiger partial charge is 0.462 e. The Labute approximate surface area is 167 Å². The molecule has 0 aromatic carbocycles. The van der Waals surface area contributed by atoms with Gasteiger partial charge in [0.25, 0.3) is 5.91 Å². The van der Waals surface area contributed by atoms with Gasteiger partial charge in [-0.25, -0.2) is 9.59 Å². The predicted octanol–water partition coefficient (Wildman–Crippen LogP) is 3.58. The lowest BCUT2D eigenvalue weighted by Gasteiger charge is -2.08. The third-order valence-corrected chi connectivity index (χ3v) is 5.31. The first kappa shape index (κ1) is 21.6. The number of hydrogen-bond acceptors (Lipinski definition) is 7. The van der Waals surface area contributed by atoms with E-state index in [0.29, 0.717) is 29.8 Å². The number of anilines is 1. The molecule has 2 heterocycles. The van der Waals surface area contributed by atoms with Crippen LogP contribution < -0.4 is 5.32 Å². The maximum absolute atomic E-state index is 12.7. The summed E-state index contributed by atoms with van der Waals surface area (Å²) in [5.74, 6) is -1.52. The molecule has 0 aliphatic heterocycles. The first-order chi connectivity index (χ1) is 13.3. The van der Waals surface area contributed by atoms with E-state index < -0.39 is 17.8 Å². The van der Waals surface area contributed by atoms with E-state index in [9.17, 15) is 14.4 Å². The fourth-order valence-corrected chi connectivity index (χ4v) is 3.75. The number of ether oxygens (including phenoxy) is 2. The molecule has 1 N–H and O–H groups in total. The third kappa shape index (κ3) is 4.41. The van der Waals surface area contributed by atoms with Crippen molar-refractivity contribution in [2.75, 3.05) is 18.5 Å². The Morgan fingerprint density at radius 3 is 2.43 bits per heavy atom. The maximum atomic E-state index is 12.7. The van der Waals surface area contributed by atoms with Gasteiger partial charge in [0.2, 0.25) is 0 Å². The molecule has 0 aliphatic carbocycles. The summed E-state index contributed by atoms with van der Waals surface area (Å²) in [5.41, 5.74) is 1.73. The SMILES string of the molecule is CCCOC(=O)c1c(NC(=O)c2cnn(CC)c2C)sc(C(=O)OCC)c1C. The van der Waals surface area contributed by atoms with Crippen LogP contribution in [0.5, 0.6) is 0 Å². The standard InChI is InChI=1S/C19H25N3O5S/c1-6-9-27-18(24)14-11(4)15(19(25)26-8-3)28-17(14)21-16(23)13-10-20-22(7-2)12(13)5/h10H,6-9H2,1-5H3,(H,21,23). The Kier molecular flexibility index (Phi) is 7.33. The van der Waals surface area contributed by atoms with E-state index in [4.69, 9.17) is 9.47 Å². The average Bonchev–Trinajstić information content (AvgIpc) is 3.19. The van der Waals surface area contributed by atoms with E-state index in [1.165, 1.54) is 6.20 Å². The summed E-state index contributed by atoms with van der Waals surface area (Å²) < 4.78 is 12.0. The van der Waals surface area contributed by atoms with E-state index in [1.807, 2.05) is 13.8 Å². The highest BCUT2D eigenvalue weighted by Gasteiger charge is 2.28. The molecule has 0 aliphatic rings. The molecule has 1 amide bonds. The second kappa shape index (κ2) is 9.50. The van der Waals surface area contributed by atoms with Crippen LogP contribution in [-0.4, -0.2) is 40.8 Å². The van der Waals surface area contributed by atoms with Crippen molar-refractivity contribution in [1.29, 1.82) is 0 Å². The zero-order chi connectivity index (χ0) is 20.8. The summed E-state index contributed by atoms with van der Waals surface area (Å²) >= 11 is 1.00. The number of carbonyl (C=O) groups excluding carboxylic acids is 3. The molecule has 2 aromatic rings. The lowest BCUT2D eigenvalue weighted by atomic mass is 10.1. The van der Waals surface area contributed by atoms with Crippen LogP contribution in [0.2, 0.25) is 0 Å². The third-order valence-electron chi connectivity index (χ3n) is 4.12. The van der Waals surface area contributed by atoms with E-state index in [0.717, 1.165) is 11.3 Å². The van der Waals surface area contributed by atoms with Gasteiger partial charge in [-0.3, -0.25) is 9.48 Å². The number of thiophene rings is 1. The van der Waals surface area contributed by atoms with E-state index >= 15 is 0 Å². The van der Waals surface area contributed by atoms with Crippen molar-refractivity contribution in [3.63, 3.8) is 0 Å². The molecule has 0 radical (unpaired) electrons. The molecule has 0 atom stereocenters. The van der Waals surface area contributed by atoms with Gasteiger partial charge >= 0.3 is 11.9 Å². The molecule has 2 rings (SSSR count). The number of aryl methyl sites for hydroxylation is 1. The van der Waals surface area contributed by atoms with Crippen LogP contribution in [0.1, 0.15) is 68.8 Å². The van der Waals surface area contributed by atoms with Crippen molar-refractivity contribution in [1.82, 2.24) is 9.78 Å². The number of aromatic nitrogens is 2. The molecule has 8 nitrogen and oxygen atoms in total. The quantitative estimate of drug-likeness (QED) is 0.672. The highest BCUT2D eigenvalue weighted by atomic mass is 32.1. The summed E-state index contributed by atoms with van der Waals surface area (Å²) in [6.07, 6.45) is 2.15. The van der Waals surface area contributed by atoms with Gasteiger partial charge in [-0.2, -0.15) is 5.10 Å². The van der Waals surface area contributed by atoms with Crippen LogP contribution in [-0.2, 0) is 16.0 Å². The highest BCUT2D eigenvalue weighted by molar-refractivity contribution is 7.18. The second-order valence-electron chi connectivity index (χ2n) is 6.03. The minimum absolute atomic E-state index is 0.176. The van der Waals surface area contributed by atoms with Gasteiger partial charge in [-0.1, -0.05) is 6.92 Å². The average molecular weight is 407 g/mol. The molecule has 0 bridgehead atoms. The van der Waals surface area contributed by atoms with Crippen molar-refractivity contribution in [3.05, 3.63) is 33.5 Å². The molecule has 0 saturated heterocycles. The lowest BCUT2D eigenvalue weighted by molar-refractivity contribution is 0.0506. The molecule has 2 aromatic heterocycles. The van der Waals surface area contributed by atoms with Crippen LogP contribution >= 0.6 is 11.3 Å². The van der Waals surface area contributed by atoms with E-state index in [-0.39, 0.29) is 28.7 Å². The van der Waals surface area contributed by atoms with Crippen LogP contribution in [0, 0.1) is 13.8 Å². The van der Waals surface area contributed by atoms with Gasteiger partial charge in [0.05, 0.1) is 30.5 Å². The number of rotatable bonds is 8. The molecule has 0 fully saturated rings. The topological polar surface area (TPSA) is 99.5 Å². The number of esters is 2. The predicted molar refractivity (Wildman–Crippen MR) is 106 cm³/mol. The normalized spacial score (nSPS) is 10.6. The Hall–Kier alpha value is -2.68. The first-order valence-corrected chi connectivity index (χ1v) is 9.98. The van der Waals surface area contributed by atoms with Crippen LogP contribution in [0.15, 0.2) is 6.20 Å². The number of nitrogens with zero attached hydrogens (tertiary/aromatic N) is 2. The van der Waals surface area contributed by atoms with Gasteiger partial charge in [0, 0.05) is 12.2 Å². The van der Waals surface area contributed by atoms with E-state index in [1.54, 1.807) is 25.5 Å². The second-order valence-corrected chi connectivity index (χ2v) is 7.05. The molecule has 9 heteroatoms. The highest BCUT2D eigenvalue weighted by Crippen LogP contribution is 2.34. The van der Waals surface area contributed by atoms with Gasteiger partial charge in [0.15, 0.2) is 0 Å². The Morgan fingerprint density at radius 1 is 1.14 bits per heavy atom. The fraction of sp³-hybridized carbons (Fsp3) is 0.474. The summed E-state index contributed by atoms with van der Waals surface area (Å²) in [5, 5.41) is 7.16. The lowest BCUT2D eigenvalue weighted by Crippen LogP contribution is -2.16. The number of hydrogen-bond donors (Lipinski definition) is 1. The van der Waals surface area contributed by atoms with Gasteiger partial charge in [-0.15, -0.1) is 11.3 Å². The Morgan fingerprint density at radius 2 is 1.86 bits per heavy atom. The number of nitrogens with one attached hydrogen (secondary N) is 1. The monoisotopic (exact) mass is 407 g/mol. The van der Waals surface area contributed by atoms with Crippen LogP contribution in [0.3, 0.4) is 0 Å². The zero-order valence-electron chi connectivity index (χ0n) is 16.7. The number of carbonyl (C=O) groups is 3. The van der Waals surface area contributed by atoms with Gasteiger partial charge in [0.1, 0.15) is 9.88 Å². The summed E-state index contributed by atoms with van der Waals surface area (Å²) in [4.78, 5) is 37.8. The van der Waals surface area contributed by atoms with Crippen LogP contribution in [0.4, 0.5) is 5.00 Å². The smallest absolute Gasteiger partial charge is 0.348 e. The zero-order valence-corrected chi connectivity index (χ0v) is 17.6. The fourth-order valence-electron chi connectivity index (χ4n) is 2.66. The van der Waals surface area contributed by atoms with Crippen LogP contribution in [0.25, 0.3) is 0 Å².